The highest BCUT2D eigenvalue weighted by Crippen LogP contribution is 2.45. The zero-order chi connectivity index (χ0) is 33.5. The van der Waals surface area contributed by atoms with Crippen molar-refractivity contribution in [2.75, 3.05) is 34.5 Å². The SMILES string of the molecule is C=C1CC(C)(C)CC(CCC)(NC(=O)OCC(=O)Oc2ccc(C[C@H]3C(=O)OC[C@@H]3Cc3ccc(OC)c(OC)c3)cc2OC)C1. The van der Waals surface area contributed by atoms with E-state index in [0.717, 1.165) is 42.4 Å². The molecule has 1 saturated heterocycles. The van der Waals surface area contributed by atoms with Crippen molar-refractivity contribution in [2.45, 2.75) is 71.3 Å². The van der Waals surface area contributed by atoms with Crippen LogP contribution < -0.4 is 24.3 Å². The van der Waals surface area contributed by atoms with Crippen LogP contribution in [-0.2, 0) is 31.9 Å². The molecule has 10 heteroatoms. The quantitative estimate of drug-likeness (QED) is 0.155. The molecule has 4 rings (SSSR count). The van der Waals surface area contributed by atoms with Gasteiger partial charge in [-0.2, -0.15) is 0 Å². The first-order valence-electron chi connectivity index (χ1n) is 15.8. The molecule has 0 aromatic heterocycles. The maximum Gasteiger partial charge on any atom is 0.408 e. The first-order valence-corrected chi connectivity index (χ1v) is 15.8. The van der Waals surface area contributed by atoms with Crippen LogP contribution in [0, 0.1) is 17.3 Å². The maximum atomic E-state index is 12.8. The number of amides is 1. The lowest BCUT2D eigenvalue weighted by Gasteiger charge is -2.46. The number of methoxy groups -OCH3 is 3. The fourth-order valence-corrected chi connectivity index (χ4v) is 7.14. The average molecular weight is 638 g/mol. The molecular weight excluding hydrogens is 590 g/mol. The summed E-state index contributed by atoms with van der Waals surface area (Å²) in [6, 6.07) is 10.8. The van der Waals surface area contributed by atoms with Gasteiger partial charge in [0.25, 0.3) is 0 Å². The van der Waals surface area contributed by atoms with Crippen LogP contribution in [0.15, 0.2) is 48.6 Å². The smallest absolute Gasteiger partial charge is 0.408 e. The second-order valence-electron chi connectivity index (χ2n) is 13.2. The van der Waals surface area contributed by atoms with Gasteiger partial charge in [-0.1, -0.05) is 51.5 Å². The molecule has 2 fully saturated rings. The van der Waals surface area contributed by atoms with Crippen molar-refractivity contribution in [1.82, 2.24) is 5.32 Å². The Hall–Kier alpha value is -4.21. The van der Waals surface area contributed by atoms with Crippen molar-refractivity contribution in [3.8, 4) is 23.0 Å². The van der Waals surface area contributed by atoms with E-state index in [2.05, 4.69) is 32.7 Å². The van der Waals surface area contributed by atoms with E-state index in [1.807, 2.05) is 18.2 Å². The van der Waals surface area contributed by atoms with Gasteiger partial charge in [-0.25, -0.2) is 9.59 Å². The van der Waals surface area contributed by atoms with Crippen molar-refractivity contribution < 1.29 is 42.8 Å². The van der Waals surface area contributed by atoms with E-state index in [1.165, 1.54) is 7.11 Å². The van der Waals surface area contributed by atoms with Crippen molar-refractivity contribution in [2.24, 2.45) is 17.3 Å². The van der Waals surface area contributed by atoms with Gasteiger partial charge in [-0.3, -0.25) is 4.79 Å². The normalized spacial score (nSPS) is 22.0. The predicted octanol–water partition coefficient (Wildman–Crippen LogP) is 6.22. The summed E-state index contributed by atoms with van der Waals surface area (Å²) < 4.78 is 32.5. The number of carbonyl (C=O) groups excluding carboxylic acids is 3. The number of rotatable bonds is 13. The Labute approximate surface area is 271 Å². The Morgan fingerprint density at radius 3 is 2.20 bits per heavy atom. The van der Waals surface area contributed by atoms with Crippen molar-refractivity contribution in [3.05, 3.63) is 59.7 Å². The van der Waals surface area contributed by atoms with E-state index in [4.69, 9.17) is 28.4 Å². The van der Waals surface area contributed by atoms with Crippen LogP contribution in [0.25, 0.3) is 0 Å². The van der Waals surface area contributed by atoms with Crippen LogP contribution in [0.4, 0.5) is 4.79 Å². The van der Waals surface area contributed by atoms with E-state index >= 15 is 0 Å². The summed E-state index contributed by atoms with van der Waals surface area (Å²) in [5.74, 6) is 0.382. The summed E-state index contributed by atoms with van der Waals surface area (Å²) in [4.78, 5) is 38.2. The average Bonchev–Trinajstić information content (AvgIpc) is 3.33. The number of carbonyl (C=O) groups is 3. The zero-order valence-electron chi connectivity index (χ0n) is 27.9. The van der Waals surface area contributed by atoms with Gasteiger partial charge in [0.1, 0.15) is 0 Å². The lowest BCUT2D eigenvalue weighted by molar-refractivity contribution is -0.141. The van der Waals surface area contributed by atoms with E-state index in [-0.39, 0.29) is 29.0 Å². The summed E-state index contributed by atoms with van der Waals surface area (Å²) in [5, 5.41) is 3.03. The van der Waals surface area contributed by atoms with Crippen LogP contribution in [0.3, 0.4) is 0 Å². The molecule has 1 saturated carbocycles. The Kier molecular flexibility index (Phi) is 11.2. The van der Waals surface area contributed by atoms with Crippen LogP contribution in [0.1, 0.15) is 64.0 Å². The maximum absolute atomic E-state index is 12.8. The van der Waals surface area contributed by atoms with Crippen molar-refractivity contribution >= 4 is 18.0 Å². The van der Waals surface area contributed by atoms with Gasteiger partial charge in [0, 0.05) is 11.5 Å². The van der Waals surface area contributed by atoms with E-state index in [9.17, 15) is 14.4 Å². The molecule has 3 atom stereocenters. The second kappa shape index (κ2) is 14.9. The van der Waals surface area contributed by atoms with Crippen LogP contribution in [-0.4, -0.2) is 58.1 Å². The number of ether oxygens (including phenoxy) is 6. The van der Waals surface area contributed by atoms with E-state index < -0.39 is 24.2 Å². The van der Waals surface area contributed by atoms with Crippen LogP contribution >= 0.6 is 0 Å². The molecule has 0 radical (unpaired) electrons. The number of alkyl carbamates (subject to hydrolysis) is 1. The molecule has 46 heavy (non-hydrogen) atoms. The topological polar surface area (TPSA) is 119 Å². The minimum Gasteiger partial charge on any atom is -0.493 e. The highest BCUT2D eigenvalue weighted by molar-refractivity contribution is 5.78. The Balaban J connectivity index is 1.35. The molecule has 1 amide bonds. The molecule has 1 aliphatic carbocycles. The van der Waals surface area contributed by atoms with E-state index in [0.29, 0.717) is 43.1 Å². The molecule has 10 nitrogen and oxygen atoms in total. The molecule has 2 aromatic rings. The largest absolute Gasteiger partial charge is 0.493 e. The van der Waals surface area contributed by atoms with E-state index in [1.54, 1.807) is 32.4 Å². The fourth-order valence-electron chi connectivity index (χ4n) is 7.14. The molecule has 2 aliphatic rings. The molecule has 1 aliphatic heterocycles. The number of hydrogen-bond donors (Lipinski definition) is 1. The van der Waals surface area contributed by atoms with Crippen molar-refractivity contribution in [1.29, 1.82) is 0 Å². The number of esters is 2. The summed E-state index contributed by atoms with van der Waals surface area (Å²) in [6.45, 7) is 10.4. The van der Waals surface area contributed by atoms with Crippen molar-refractivity contribution in [3.63, 3.8) is 0 Å². The fraction of sp³-hybridized carbons (Fsp3) is 0.528. The standard InChI is InChI=1S/C36H47NO9/c1-8-13-36(19-23(2)18-35(3,4)22-36)37-34(40)45-21-32(38)46-29-12-10-25(17-31(29)43-7)15-27-26(20-44-33(27)39)14-24-9-11-28(41-5)30(16-24)42-6/h9-12,16-17,26-27H,2,8,13-15,18-22H2,1,3-7H3,(H,37,40)/t26-,27+,36?/m0/s1. The third-order valence-corrected chi connectivity index (χ3v) is 8.72. The molecule has 0 bridgehead atoms. The van der Waals surface area contributed by atoms with Gasteiger partial charge >= 0.3 is 18.0 Å². The Morgan fingerprint density at radius 2 is 1.57 bits per heavy atom. The lowest BCUT2D eigenvalue weighted by atomic mass is 9.65. The monoisotopic (exact) mass is 637 g/mol. The summed E-state index contributed by atoms with van der Waals surface area (Å²) in [7, 11) is 4.64. The number of nitrogens with one attached hydrogen (secondary N) is 1. The molecule has 2 aromatic carbocycles. The number of cyclic esters (lactones) is 1. The summed E-state index contributed by atoms with van der Waals surface area (Å²) in [6.07, 6.45) is 4.46. The number of benzene rings is 2. The predicted molar refractivity (Wildman–Crippen MR) is 172 cm³/mol. The Bertz CT molecular complexity index is 1430. The minimum absolute atomic E-state index is 0.00307. The highest BCUT2D eigenvalue weighted by atomic mass is 16.6. The van der Waals surface area contributed by atoms with Gasteiger partial charge in [-0.15, -0.1) is 0 Å². The molecule has 0 spiro atoms. The van der Waals surface area contributed by atoms with Crippen LogP contribution in [0.5, 0.6) is 23.0 Å². The molecule has 1 unspecified atom stereocenters. The van der Waals surface area contributed by atoms with Gasteiger partial charge in [0.2, 0.25) is 0 Å². The van der Waals surface area contributed by atoms with Gasteiger partial charge < -0.3 is 33.7 Å². The summed E-state index contributed by atoms with van der Waals surface area (Å²) >= 11 is 0. The lowest BCUT2D eigenvalue weighted by Crippen LogP contribution is -2.53. The number of hydrogen-bond acceptors (Lipinski definition) is 9. The molecule has 1 N–H and O–H groups in total. The first-order chi connectivity index (χ1) is 21.9. The Morgan fingerprint density at radius 1 is 0.935 bits per heavy atom. The highest BCUT2D eigenvalue weighted by Gasteiger charge is 2.42. The molecule has 250 valence electrons. The summed E-state index contributed by atoms with van der Waals surface area (Å²) in [5.41, 5.74) is 2.48. The zero-order valence-corrected chi connectivity index (χ0v) is 27.9. The van der Waals surface area contributed by atoms with Crippen LogP contribution in [0.2, 0.25) is 0 Å². The van der Waals surface area contributed by atoms with Gasteiger partial charge in [-0.05, 0) is 79.3 Å². The molecule has 1 heterocycles. The second-order valence-corrected chi connectivity index (χ2v) is 13.2. The first kappa shape index (κ1) is 34.7. The molecular formula is C36H47NO9. The van der Waals surface area contributed by atoms with Gasteiger partial charge in [0.05, 0.1) is 33.9 Å². The minimum atomic E-state index is -0.742. The van der Waals surface area contributed by atoms with Gasteiger partial charge in [0.15, 0.2) is 29.6 Å². The third kappa shape index (κ3) is 8.73. The third-order valence-electron chi connectivity index (χ3n) is 8.72.